The van der Waals surface area contributed by atoms with Crippen molar-refractivity contribution in [1.29, 1.82) is 0 Å². The number of carbonyl (C=O) groups is 2. The van der Waals surface area contributed by atoms with Gasteiger partial charge in [0.1, 0.15) is 0 Å². The number of benzene rings is 2. The zero-order valence-electron chi connectivity index (χ0n) is 19.4. The molecule has 2 heterocycles. The lowest BCUT2D eigenvalue weighted by Crippen LogP contribution is -2.45. The van der Waals surface area contributed by atoms with E-state index in [1.54, 1.807) is 24.5 Å². The largest absolute Gasteiger partial charge is 0.356 e. The van der Waals surface area contributed by atoms with Crippen LogP contribution in [0.25, 0.3) is 11.1 Å². The lowest BCUT2D eigenvalue weighted by Gasteiger charge is -2.29. The van der Waals surface area contributed by atoms with E-state index in [1.807, 2.05) is 24.0 Å². The van der Waals surface area contributed by atoms with Gasteiger partial charge in [-0.1, -0.05) is 61.0 Å². The molecule has 1 fully saturated rings. The third kappa shape index (κ3) is 4.98. The van der Waals surface area contributed by atoms with Crippen LogP contribution in [-0.4, -0.2) is 41.3 Å². The van der Waals surface area contributed by atoms with E-state index in [0.29, 0.717) is 38.0 Å². The summed E-state index contributed by atoms with van der Waals surface area (Å²) in [5.74, 6) is -0.0111. The van der Waals surface area contributed by atoms with E-state index in [0.717, 1.165) is 23.1 Å². The van der Waals surface area contributed by atoms with Gasteiger partial charge in [-0.2, -0.15) is 0 Å². The van der Waals surface area contributed by atoms with Crippen molar-refractivity contribution >= 4 is 11.8 Å². The van der Waals surface area contributed by atoms with Crippen molar-refractivity contribution in [1.82, 2.24) is 15.2 Å². The Morgan fingerprint density at radius 1 is 1.06 bits per heavy atom. The Kier molecular flexibility index (Phi) is 6.87. The smallest absolute Gasteiger partial charge is 0.253 e. The maximum Gasteiger partial charge on any atom is 0.253 e. The summed E-state index contributed by atoms with van der Waals surface area (Å²) in [6.45, 7) is 5.75. The third-order valence-electron chi connectivity index (χ3n) is 6.46. The van der Waals surface area contributed by atoms with Gasteiger partial charge in [-0.15, -0.1) is 0 Å². The van der Waals surface area contributed by atoms with Crippen molar-refractivity contribution in [2.24, 2.45) is 5.41 Å². The molecule has 0 saturated carbocycles. The lowest BCUT2D eigenvalue weighted by atomic mass is 9.78. The predicted octanol–water partition coefficient (Wildman–Crippen LogP) is 4.66. The molecule has 2 amide bonds. The number of carbonyl (C=O) groups excluding carboxylic acids is 2. The highest BCUT2D eigenvalue weighted by Crippen LogP contribution is 2.38. The van der Waals surface area contributed by atoms with Crippen LogP contribution in [0.1, 0.15) is 41.3 Å². The van der Waals surface area contributed by atoms with Crippen molar-refractivity contribution in [3.05, 3.63) is 89.7 Å². The van der Waals surface area contributed by atoms with E-state index in [2.05, 4.69) is 53.6 Å². The molecule has 5 nitrogen and oxygen atoms in total. The van der Waals surface area contributed by atoms with Crippen molar-refractivity contribution < 1.29 is 9.59 Å². The summed E-state index contributed by atoms with van der Waals surface area (Å²) in [6.07, 6.45) is 5.36. The number of aromatic nitrogens is 1. The number of hydrogen-bond donors (Lipinski definition) is 1. The van der Waals surface area contributed by atoms with Gasteiger partial charge in [0.2, 0.25) is 5.91 Å². The van der Waals surface area contributed by atoms with E-state index >= 15 is 0 Å². The van der Waals surface area contributed by atoms with Crippen LogP contribution in [0.2, 0.25) is 0 Å². The third-order valence-corrected chi connectivity index (χ3v) is 6.46. The summed E-state index contributed by atoms with van der Waals surface area (Å²) in [5, 5.41) is 3.12. The van der Waals surface area contributed by atoms with Crippen molar-refractivity contribution in [2.45, 2.75) is 33.1 Å². The molecule has 4 rings (SSSR count). The van der Waals surface area contributed by atoms with Gasteiger partial charge in [-0.25, -0.2) is 0 Å². The number of amides is 2. The fourth-order valence-electron chi connectivity index (χ4n) is 4.69. The highest BCUT2D eigenvalue weighted by atomic mass is 16.2. The first kappa shape index (κ1) is 22.7. The summed E-state index contributed by atoms with van der Waals surface area (Å²) in [4.78, 5) is 32.4. The van der Waals surface area contributed by atoms with E-state index in [4.69, 9.17) is 0 Å². The summed E-state index contributed by atoms with van der Waals surface area (Å²) in [7, 11) is 0. The first-order chi connectivity index (χ1) is 16.0. The van der Waals surface area contributed by atoms with Gasteiger partial charge in [0.15, 0.2) is 0 Å². The van der Waals surface area contributed by atoms with Crippen molar-refractivity contribution in [3.63, 3.8) is 0 Å². The minimum absolute atomic E-state index is 0.0356. The predicted molar refractivity (Wildman–Crippen MR) is 131 cm³/mol. The number of hydrogen-bond acceptors (Lipinski definition) is 3. The Bertz CT molecular complexity index is 1130. The maximum atomic E-state index is 13.5. The highest BCUT2D eigenvalue weighted by molar-refractivity contribution is 5.95. The second kappa shape index (κ2) is 9.99. The van der Waals surface area contributed by atoms with Crippen LogP contribution < -0.4 is 5.32 Å². The Hall–Kier alpha value is -3.47. The molecule has 3 aromatic rings. The van der Waals surface area contributed by atoms with Gasteiger partial charge in [0.05, 0.1) is 5.41 Å². The van der Waals surface area contributed by atoms with Gasteiger partial charge in [-0.05, 0) is 55.0 Å². The quantitative estimate of drug-likeness (QED) is 0.580. The number of pyridine rings is 1. The average molecular weight is 442 g/mol. The van der Waals surface area contributed by atoms with E-state index in [9.17, 15) is 9.59 Å². The van der Waals surface area contributed by atoms with Crippen LogP contribution in [0.15, 0.2) is 73.1 Å². The monoisotopic (exact) mass is 441 g/mol. The molecule has 1 atom stereocenters. The molecule has 0 bridgehead atoms. The van der Waals surface area contributed by atoms with Gasteiger partial charge >= 0.3 is 0 Å². The van der Waals surface area contributed by atoms with E-state index in [-0.39, 0.29) is 11.8 Å². The molecule has 33 heavy (non-hydrogen) atoms. The second-order valence-corrected chi connectivity index (χ2v) is 8.95. The standard InChI is InChI=1S/C28H31N3O2/c1-3-14-30-27(33)28(13-17-31(20-28)26(32)22-11-15-29-16-12-22)19-24-8-4-5-10-25(24)23-9-6-7-21(2)18-23/h4-12,15-16,18H,3,13-14,17,19-20H2,1-2H3,(H,30,33). The zero-order valence-corrected chi connectivity index (χ0v) is 19.4. The number of aryl methyl sites for hydroxylation is 1. The second-order valence-electron chi connectivity index (χ2n) is 8.95. The van der Waals surface area contributed by atoms with Crippen LogP contribution in [-0.2, 0) is 11.2 Å². The average Bonchev–Trinajstić information content (AvgIpc) is 3.28. The van der Waals surface area contributed by atoms with Gasteiger partial charge in [-0.3, -0.25) is 14.6 Å². The highest BCUT2D eigenvalue weighted by Gasteiger charge is 2.46. The molecular formula is C28H31N3O2. The SMILES string of the molecule is CCCNC(=O)C1(Cc2ccccc2-c2cccc(C)c2)CCN(C(=O)c2ccncc2)C1. The Morgan fingerprint density at radius 3 is 2.61 bits per heavy atom. The topological polar surface area (TPSA) is 62.3 Å². The number of rotatable bonds is 7. The zero-order chi connectivity index (χ0) is 23.3. The van der Waals surface area contributed by atoms with Crippen molar-refractivity contribution in [3.8, 4) is 11.1 Å². The molecule has 1 unspecified atom stereocenters. The van der Waals surface area contributed by atoms with Gasteiger partial charge < -0.3 is 10.2 Å². The lowest BCUT2D eigenvalue weighted by molar-refractivity contribution is -0.130. The molecule has 0 aliphatic carbocycles. The number of nitrogens with zero attached hydrogens (tertiary/aromatic N) is 2. The molecule has 1 aliphatic heterocycles. The Labute approximate surface area is 195 Å². The molecule has 5 heteroatoms. The molecule has 1 aliphatic rings. The van der Waals surface area contributed by atoms with Crippen molar-refractivity contribution in [2.75, 3.05) is 19.6 Å². The molecular weight excluding hydrogens is 410 g/mol. The number of nitrogens with one attached hydrogen (secondary N) is 1. The minimum Gasteiger partial charge on any atom is -0.356 e. The Morgan fingerprint density at radius 2 is 1.85 bits per heavy atom. The maximum absolute atomic E-state index is 13.5. The minimum atomic E-state index is -0.655. The summed E-state index contributed by atoms with van der Waals surface area (Å²) in [6, 6.07) is 20.2. The van der Waals surface area contributed by atoms with Crippen LogP contribution in [0.3, 0.4) is 0 Å². The first-order valence-electron chi connectivity index (χ1n) is 11.6. The van der Waals surface area contributed by atoms with Crippen LogP contribution in [0.5, 0.6) is 0 Å². The molecule has 170 valence electrons. The fourth-order valence-corrected chi connectivity index (χ4v) is 4.69. The van der Waals surface area contributed by atoms with Crippen LogP contribution in [0, 0.1) is 12.3 Å². The molecule has 0 radical (unpaired) electrons. The van der Waals surface area contributed by atoms with Gasteiger partial charge in [0, 0.05) is 37.6 Å². The normalized spacial score (nSPS) is 17.7. The molecule has 1 N–H and O–H groups in total. The van der Waals surface area contributed by atoms with E-state index in [1.165, 1.54) is 5.56 Å². The van der Waals surface area contributed by atoms with Crippen LogP contribution >= 0.6 is 0 Å². The summed E-state index contributed by atoms with van der Waals surface area (Å²) in [5.41, 5.74) is 4.58. The van der Waals surface area contributed by atoms with Crippen LogP contribution in [0.4, 0.5) is 0 Å². The molecule has 1 saturated heterocycles. The fraction of sp³-hybridized carbons (Fsp3) is 0.321. The Balaban J connectivity index is 1.66. The van der Waals surface area contributed by atoms with Gasteiger partial charge in [0.25, 0.3) is 5.91 Å². The molecule has 2 aromatic carbocycles. The summed E-state index contributed by atoms with van der Waals surface area (Å²) < 4.78 is 0. The first-order valence-corrected chi connectivity index (χ1v) is 11.6. The molecule has 1 aromatic heterocycles. The summed E-state index contributed by atoms with van der Waals surface area (Å²) >= 11 is 0. The molecule has 0 spiro atoms. The van der Waals surface area contributed by atoms with E-state index < -0.39 is 5.41 Å². The number of likely N-dealkylation sites (tertiary alicyclic amines) is 1.